The van der Waals surface area contributed by atoms with Gasteiger partial charge in [-0.2, -0.15) is 0 Å². The lowest BCUT2D eigenvalue weighted by atomic mass is 10.0. The molecular weight excluding hydrogens is 274 g/mol. The SMILES string of the molecule is CCCCCCC(CC=CCCCCCCCC(=O)O)NC. The van der Waals surface area contributed by atoms with Gasteiger partial charge in [0, 0.05) is 12.5 Å². The summed E-state index contributed by atoms with van der Waals surface area (Å²) >= 11 is 0. The first-order valence-corrected chi connectivity index (χ1v) is 9.24. The molecule has 0 radical (unpaired) electrons. The third kappa shape index (κ3) is 15.6. The van der Waals surface area contributed by atoms with Gasteiger partial charge in [-0.05, 0) is 39.2 Å². The highest BCUT2D eigenvalue weighted by molar-refractivity contribution is 5.66. The average molecular weight is 312 g/mol. The molecule has 0 aliphatic rings. The number of carboxylic acid groups (broad SMARTS) is 1. The highest BCUT2D eigenvalue weighted by Gasteiger charge is 2.02. The zero-order valence-electron chi connectivity index (χ0n) is 14.8. The predicted molar refractivity (Wildman–Crippen MR) is 95.3 cm³/mol. The first-order chi connectivity index (χ1) is 10.7. The second kappa shape index (κ2) is 16.5. The molecule has 1 unspecified atom stereocenters. The molecule has 0 bridgehead atoms. The zero-order chi connectivity index (χ0) is 16.5. The Hall–Kier alpha value is -0.830. The molecule has 0 spiro atoms. The van der Waals surface area contributed by atoms with Crippen LogP contribution in [0.1, 0.15) is 90.4 Å². The molecule has 22 heavy (non-hydrogen) atoms. The van der Waals surface area contributed by atoms with Gasteiger partial charge in [-0.15, -0.1) is 0 Å². The second-order valence-corrected chi connectivity index (χ2v) is 6.24. The van der Waals surface area contributed by atoms with E-state index in [-0.39, 0.29) is 0 Å². The number of hydrogen-bond donors (Lipinski definition) is 2. The molecule has 0 rings (SSSR count). The fourth-order valence-corrected chi connectivity index (χ4v) is 2.64. The van der Waals surface area contributed by atoms with Crippen LogP contribution in [0.3, 0.4) is 0 Å². The summed E-state index contributed by atoms with van der Waals surface area (Å²) in [6.07, 6.45) is 19.4. The summed E-state index contributed by atoms with van der Waals surface area (Å²) in [5.41, 5.74) is 0. The molecule has 0 saturated carbocycles. The quantitative estimate of drug-likeness (QED) is 0.300. The molecule has 0 fully saturated rings. The maximum absolute atomic E-state index is 10.4. The predicted octanol–water partition coefficient (Wildman–Crippen LogP) is 5.31. The van der Waals surface area contributed by atoms with Crippen LogP contribution in [0.5, 0.6) is 0 Å². The van der Waals surface area contributed by atoms with Gasteiger partial charge in [0.2, 0.25) is 0 Å². The highest BCUT2D eigenvalue weighted by atomic mass is 16.4. The number of allylic oxidation sites excluding steroid dienone is 1. The topological polar surface area (TPSA) is 49.3 Å². The standard InChI is InChI=1S/C19H37NO2/c1-3-4-5-12-15-18(20-2)16-13-10-8-6-7-9-11-14-17-19(21)22/h10,13,18,20H,3-9,11-12,14-17H2,1-2H3,(H,21,22). The third-order valence-electron chi connectivity index (χ3n) is 4.16. The molecule has 3 heteroatoms. The molecule has 0 heterocycles. The van der Waals surface area contributed by atoms with E-state index in [2.05, 4.69) is 31.4 Å². The lowest BCUT2D eigenvalue weighted by Crippen LogP contribution is -2.24. The summed E-state index contributed by atoms with van der Waals surface area (Å²) < 4.78 is 0. The van der Waals surface area contributed by atoms with E-state index < -0.39 is 5.97 Å². The minimum absolute atomic E-state index is 0.323. The normalized spacial score (nSPS) is 12.8. The maximum Gasteiger partial charge on any atom is 0.303 e. The average Bonchev–Trinajstić information content (AvgIpc) is 2.50. The van der Waals surface area contributed by atoms with Crippen molar-refractivity contribution in [3.8, 4) is 0 Å². The summed E-state index contributed by atoms with van der Waals surface area (Å²) in [5.74, 6) is -0.670. The summed E-state index contributed by atoms with van der Waals surface area (Å²) in [6, 6.07) is 0.629. The summed E-state index contributed by atoms with van der Waals surface area (Å²) in [5, 5.41) is 12.0. The van der Waals surface area contributed by atoms with Crippen LogP contribution in [0, 0.1) is 0 Å². The van der Waals surface area contributed by atoms with Crippen molar-refractivity contribution in [1.29, 1.82) is 0 Å². The minimum atomic E-state index is -0.670. The van der Waals surface area contributed by atoms with Crippen molar-refractivity contribution < 1.29 is 9.90 Å². The van der Waals surface area contributed by atoms with Gasteiger partial charge in [0.1, 0.15) is 0 Å². The number of aliphatic carboxylic acids is 1. The Balaban J connectivity index is 3.41. The van der Waals surface area contributed by atoms with Crippen LogP contribution in [0.2, 0.25) is 0 Å². The minimum Gasteiger partial charge on any atom is -0.481 e. The number of nitrogens with one attached hydrogen (secondary N) is 1. The van der Waals surface area contributed by atoms with Crippen molar-refractivity contribution in [2.45, 2.75) is 96.4 Å². The van der Waals surface area contributed by atoms with Crippen LogP contribution >= 0.6 is 0 Å². The van der Waals surface area contributed by atoms with Gasteiger partial charge in [-0.1, -0.05) is 64.0 Å². The van der Waals surface area contributed by atoms with E-state index in [1.54, 1.807) is 0 Å². The monoisotopic (exact) mass is 311 g/mol. The number of hydrogen-bond acceptors (Lipinski definition) is 2. The van der Waals surface area contributed by atoms with E-state index in [4.69, 9.17) is 5.11 Å². The molecule has 0 aliphatic carbocycles. The van der Waals surface area contributed by atoms with Gasteiger partial charge < -0.3 is 10.4 Å². The lowest BCUT2D eigenvalue weighted by Gasteiger charge is -2.13. The highest BCUT2D eigenvalue weighted by Crippen LogP contribution is 2.10. The van der Waals surface area contributed by atoms with Crippen molar-refractivity contribution in [1.82, 2.24) is 5.32 Å². The van der Waals surface area contributed by atoms with Gasteiger partial charge in [0.15, 0.2) is 0 Å². The smallest absolute Gasteiger partial charge is 0.303 e. The van der Waals surface area contributed by atoms with Crippen LogP contribution < -0.4 is 5.32 Å². The van der Waals surface area contributed by atoms with Crippen molar-refractivity contribution in [3.63, 3.8) is 0 Å². The largest absolute Gasteiger partial charge is 0.481 e. The summed E-state index contributed by atoms with van der Waals surface area (Å²) in [6.45, 7) is 2.25. The Labute approximate surface area is 137 Å². The fourth-order valence-electron chi connectivity index (χ4n) is 2.64. The van der Waals surface area contributed by atoms with Crippen LogP contribution in [-0.4, -0.2) is 24.2 Å². The van der Waals surface area contributed by atoms with Crippen molar-refractivity contribution >= 4 is 5.97 Å². The van der Waals surface area contributed by atoms with Gasteiger partial charge in [-0.3, -0.25) is 4.79 Å². The molecule has 2 N–H and O–H groups in total. The first kappa shape index (κ1) is 21.2. The van der Waals surface area contributed by atoms with Crippen LogP contribution in [0.15, 0.2) is 12.2 Å². The van der Waals surface area contributed by atoms with Crippen LogP contribution in [0.4, 0.5) is 0 Å². The molecule has 0 aromatic carbocycles. The Kier molecular flexibility index (Phi) is 15.9. The lowest BCUT2D eigenvalue weighted by molar-refractivity contribution is -0.137. The van der Waals surface area contributed by atoms with E-state index in [1.165, 1.54) is 44.9 Å². The molecular formula is C19H37NO2. The van der Waals surface area contributed by atoms with E-state index >= 15 is 0 Å². The Morgan fingerprint density at radius 2 is 1.68 bits per heavy atom. The van der Waals surface area contributed by atoms with Crippen LogP contribution in [0.25, 0.3) is 0 Å². The van der Waals surface area contributed by atoms with Crippen molar-refractivity contribution in [3.05, 3.63) is 12.2 Å². The zero-order valence-corrected chi connectivity index (χ0v) is 14.8. The Bertz CT molecular complexity index is 277. The van der Waals surface area contributed by atoms with Gasteiger partial charge >= 0.3 is 5.97 Å². The Morgan fingerprint density at radius 1 is 1.00 bits per heavy atom. The van der Waals surface area contributed by atoms with Crippen molar-refractivity contribution in [2.24, 2.45) is 0 Å². The Morgan fingerprint density at radius 3 is 2.36 bits per heavy atom. The van der Waals surface area contributed by atoms with Crippen LogP contribution in [-0.2, 0) is 4.79 Å². The maximum atomic E-state index is 10.4. The molecule has 0 saturated heterocycles. The molecule has 0 aliphatic heterocycles. The second-order valence-electron chi connectivity index (χ2n) is 6.24. The van der Waals surface area contributed by atoms with E-state index in [1.807, 2.05) is 0 Å². The first-order valence-electron chi connectivity index (χ1n) is 9.24. The molecule has 1 atom stereocenters. The number of unbranched alkanes of at least 4 members (excludes halogenated alkanes) is 8. The van der Waals surface area contributed by atoms with E-state index in [9.17, 15) is 4.79 Å². The van der Waals surface area contributed by atoms with E-state index in [0.29, 0.717) is 12.5 Å². The number of rotatable bonds is 16. The molecule has 130 valence electrons. The number of carboxylic acids is 1. The molecule has 3 nitrogen and oxygen atoms in total. The summed E-state index contributed by atoms with van der Waals surface area (Å²) in [4.78, 5) is 10.4. The number of carbonyl (C=O) groups is 1. The van der Waals surface area contributed by atoms with Crippen molar-refractivity contribution in [2.75, 3.05) is 7.05 Å². The summed E-state index contributed by atoms with van der Waals surface area (Å²) in [7, 11) is 2.06. The van der Waals surface area contributed by atoms with E-state index in [0.717, 1.165) is 32.1 Å². The molecule has 0 aromatic heterocycles. The molecule has 0 aromatic rings. The fraction of sp³-hybridized carbons (Fsp3) is 0.842. The van der Waals surface area contributed by atoms with Gasteiger partial charge in [-0.25, -0.2) is 0 Å². The third-order valence-corrected chi connectivity index (χ3v) is 4.16. The van der Waals surface area contributed by atoms with Gasteiger partial charge in [0.05, 0.1) is 0 Å². The molecule has 0 amide bonds. The van der Waals surface area contributed by atoms with Gasteiger partial charge in [0.25, 0.3) is 0 Å².